The fourth-order valence-corrected chi connectivity index (χ4v) is 4.62. The number of aromatic nitrogens is 1. The van der Waals surface area contributed by atoms with Gasteiger partial charge in [-0.05, 0) is 37.4 Å². The van der Waals surface area contributed by atoms with E-state index in [0.29, 0.717) is 40.2 Å². The number of hydrogen-bond donors (Lipinski definition) is 0. The Morgan fingerprint density at radius 2 is 1.55 bits per heavy atom. The summed E-state index contributed by atoms with van der Waals surface area (Å²) in [5.41, 5.74) is 1.17. The number of carbonyl (C=O) groups excluding carboxylic acids is 1. The number of carbonyl (C=O) groups is 1. The second-order valence-corrected chi connectivity index (χ2v) is 8.21. The highest BCUT2D eigenvalue weighted by molar-refractivity contribution is 7.22. The van der Waals surface area contributed by atoms with E-state index in [1.165, 1.54) is 32.7 Å². The van der Waals surface area contributed by atoms with Crippen LogP contribution in [0.15, 0.2) is 30.3 Å². The number of amides is 1. The van der Waals surface area contributed by atoms with Crippen LogP contribution in [0.25, 0.3) is 10.2 Å². The Labute approximate surface area is 198 Å². The molecule has 178 valence electrons. The molecule has 0 spiro atoms. The maximum Gasteiger partial charge on any atom is 0.260 e. The molecule has 0 radical (unpaired) electrons. The number of methoxy groups -OCH3 is 4. The number of anilines is 1. The first kappa shape index (κ1) is 24.6. The van der Waals surface area contributed by atoms with E-state index in [2.05, 4.69) is 18.7 Å². The second-order valence-electron chi connectivity index (χ2n) is 7.20. The minimum absolute atomic E-state index is 0.195. The van der Waals surface area contributed by atoms with Gasteiger partial charge in [0.1, 0.15) is 11.3 Å². The first-order valence-electron chi connectivity index (χ1n) is 10.8. The smallest absolute Gasteiger partial charge is 0.260 e. The third kappa shape index (κ3) is 5.15. The third-order valence-corrected chi connectivity index (χ3v) is 6.56. The Balaban J connectivity index is 2.07. The molecule has 0 fully saturated rings. The van der Waals surface area contributed by atoms with E-state index >= 15 is 0 Å². The number of thiazole rings is 1. The van der Waals surface area contributed by atoms with Crippen molar-refractivity contribution in [3.8, 4) is 23.0 Å². The van der Waals surface area contributed by atoms with Crippen molar-refractivity contribution in [3.05, 3.63) is 35.9 Å². The van der Waals surface area contributed by atoms with Gasteiger partial charge in [0.25, 0.3) is 5.91 Å². The molecular formula is C24H31N3O5S. The molecule has 0 unspecified atom stereocenters. The summed E-state index contributed by atoms with van der Waals surface area (Å²) in [6.07, 6.45) is 0. The van der Waals surface area contributed by atoms with E-state index in [1.54, 1.807) is 24.1 Å². The van der Waals surface area contributed by atoms with Gasteiger partial charge in [0.2, 0.25) is 5.75 Å². The predicted octanol–water partition coefficient (Wildman–Crippen LogP) is 4.32. The van der Waals surface area contributed by atoms with Crippen LogP contribution in [0.2, 0.25) is 0 Å². The van der Waals surface area contributed by atoms with Gasteiger partial charge in [0, 0.05) is 18.7 Å². The SMILES string of the molecule is CCN(CC)CCN(C(=O)c1cc(OC)c(OC)c(OC)c1)c1nc2c(OC)cccc2s1. The van der Waals surface area contributed by atoms with Crippen molar-refractivity contribution >= 4 is 32.6 Å². The fourth-order valence-electron chi connectivity index (χ4n) is 3.62. The average Bonchev–Trinajstić information content (AvgIpc) is 3.29. The predicted molar refractivity (Wildman–Crippen MR) is 132 cm³/mol. The second kappa shape index (κ2) is 11.2. The average molecular weight is 474 g/mol. The van der Waals surface area contributed by atoms with E-state index in [9.17, 15) is 4.79 Å². The van der Waals surface area contributed by atoms with Gasteiger partial charge in [-0.2, -0.15) is 0 Å². The van der Waals surface area contributed by atoms with Gasteiger partial charge in [0.15, 0.2) is 16.6 Å². The van der Waals surface area contributed by atoms with Gasteiger partial charge in [-0.15, -0.1) is 0 Å². The van der Waals surface area contributed by atoms with E-state index in [4.69, 9.17) is 23.9 Å². The molecule has 1 amide bonds. The summed E-state index contributed by atoms with van der Waals surface area (Å²) in [4.78, 5) is 22.5. The van der Waals surface area contributed by atoms with Gasteiger partial charge in [-0.25, -0.2) is 4.98 Å². The Morgan fingerprint density at radius 1 is 0.909 bits per heavy atom. The van der Waals surface area contributed by atoms with E-state index < -0.39 is 0 Å². The molecule has 0 saturated heterocycles. The Bertz CT molecular complexity index is 1070. The lowest BCUT2D eigenvalue weighted by Crippen LogP contribution is -2.38. The highest BCUT2D eigenvalue weighted by Gasteiger charge is 2.25. The monoisotopic (exact) mass is 473 g/mol. The summed E-state index contributed by atoms with van der Waals surface area (Å²) in [6.45, 7) is 7.22. The zero-order chi connectivity index (χ0) is 24.0. The van der Waals surface area contributed by atoms with Crippen molar-refractivity contribution in [1.82, 2.24) is 9.88 Å². The van der Waals surface area contributed by atoms with Crippen LogP contribution in [0.1, 0.15) is 24.2 Å². The number of fused-ring (bicyclic) bond motifs is 1. The molecule has 2 aromatic carbocycles. The lowest BCUT2D eigenvalue weighted by Gasteiger charge is -2.25. The summed E-state index contributed by atoms with van der Waals surface area (Å²) >= 11 is 1.46. The summed E-state index contributed by atoms with van der Waals surface area (Å²) in [7, 11) is 6.22. The van der Waals surface area contributed by atoms with Crippen LogP contribution in [-0.4, -0.2) is 70.4 Å². The van der Waals surface area contributed by atoms with Crippen LogP contribution >= 0.6 is 11.3 Å². The molecule has 1 heterocycles. The minimum Gasteiger partial charge on any atom is -0.494 e. The van der Waals surface area contributed by atoms with Crippen molar-refractivity contribution in [2.24, 2.45) is 0 Å². The summed E-state index contributed by atoms with van der Waals surface area (Å²) in [6, 6.07) is 9.10. The van der Waals surface area contributed by atoms with E-state index in [-0.39, 0.29) is 5.91 Å². The molecule has 0 N–H and O–H groups in total. The van der Waals surface area contributed by atoms with Crippen molar-refractivity contribution in [1.29, 1.82) is 0 Å². The third-order valence-electron chi connectivity index (χ3n) is 5.51. The standard InChI is InChI=1S/C24H31N3O5S/c1-7-26(8-2)12-13-27(24-25-21-17(29-3)10-9-11-20(21)33-24)23(28)16-14-18(30-4)22(32-6)19(15-16)31-5/h9-11,14-15H,7-8,12-13H2,1-6H3. The maximum absolute atomic E-state index is 13.8. The highest BCUT2D eigenvalue weighted by Crippen LogP contribution is 2.39. The number of rotatable bonds is 11. The molecule has 0 aliphatic heterocycles. The topological polar surface area (TPSA) is 73.4 Å². The normalized spacial score (nSPS) is 11.0. The number of likely N-dealkylation sites (N-methyl/N-ethyl adjacent to an activating group) is 1. The summed E-state index contributed by atoms with van der Waals surface area (Å²) < 4.78 is 22.7. The number of ether oxygens (including phenoxy) is 4. The first-order chi connectivity index (χ1) is 16.0. The fraction of sp³-hybridized carbons (Fsp3) is 0.417. The summed E-state index contributed by atoms with van der Waals surface area (Å²) in [5, 5.41) is 0.611. The van der Waals surface area contributed by atoms with Crippen LogP contribution in [0, 0.1) is 0 Å². The van der Waals surface area contributed by atoms with Crippen molar-refractivity contribution in [2.45, 2.75) is 13.8 Å². The lowest BCUT2D eigenvalue weighted by molar-refractivity contribution is 0.0983. The Kier molecular flexibility index (Phi) is 8.35. The number of hydrogen-bond acceptors (Lipinski definition) is 8. The quantitative estimate of drug-likeness (QED) is 0.411. The molecule has 0 bridgehead atoms. The van der Waals surface area contributed by atoms with E-state index in [1.807, 2.05) is 18.2 Å². The number of nitrogens with zero attached hydrogens (tertiary/aromatic N) is 3. The summed E-state index contributed by atoms with van der Waals surface area (Å²) in [5.74, 6) is 1.78. The van der Waals surface area contributed by atoms with Gasteiger partial charge in [-0.3, -0.25) is 9.69 Å². The first-order valence-corrected chi connectivity index (χ1v) is 11.6. The molecule has 3 rings (SSSR count). The molecule has 0 aliphatic rings. The molecule has 9 heteroatoms. The maximum atomic E-state index is 13.8. The molecule has 1 aromatic heterocycles. The largest absolute Gasteiger partial charge is 0.494 e. The molecule has 8 nitrogen and oxygen atoms in total. The zero-order valence-electron chi connectivity index (χ0n) is 20.0. The number of benzene rings is 2. The van der Waals surface area contributed by atoms with Gasteiger partial charge < -0.3 is 23.8 Å². The Morgan fingerprint density at radius 3 is 2.09 bits per heavy atom. The molecular weight excluding hydrogens is 442 g/mol. The molecule has 33 heavy (non-hydrogen) atoms. The lowest BCUT2D eigenvalue weighted by atomic mass is 10.1. The van der Waals surface area contributed by atoms with Crippen molar-refractivity contribution in [3.63, 3.8) is 0 Å². The number of para-hydroxylation sites is 1. The van der Waals surface area contributed by atoms with Crippen LogP contribution in [0.5, 0.6) is 23.0 Å². The Hall–Kier alpha value is -3.04. The van der Waals surface area contributed by atoms with Crippen LogP contribution in [-0.2, 0) is 0 Å². The zero-order valence-corrected chi connectivity index (χ0v) is 20.8. The van der Waals surface area contributed by atoms with Crippen LogP contribution in [0.4, 0.5) is 5.13 Å². The van der Waals surface area contributed by atoms with Crippen LogP contribution < -0.4 is 23.8 Å². The van der Waals surface area contributed by atoms with E-state index in [0.717, 1.165) is 29.9 Å². The molecule has 3 aromatic rings. The van der Waals surface area contributed by atoms with Crippen molar-refractivity contribution in [2.75, 3.05) is 59.5 Å². The molecule has 0 saturated carbocycles. The van der Waals surface area contributed by atoms with Crippen LogP contribution in [0.3, 0.4) is 0 Å². The molecule has 0 atom stereocenters. The highest BCUT2D eigenvalue weighted by atomic mass is 32.1. The minimum atomic E-state index is -0.195. The van der Waals surface area contributed by atoms with Gasteiger partial charge in [-0.1, -0.05) is 31.3 Å². The van der Waals surface area contributed by atoms with Crippen molar-refractivity contribution < 1.29 is 23.7 Å². The van der Waals surface area contributed by atoms with Gasteiger partial charge in [0.05, 0.1) is 33.1 Å². The van der Waals surface area contributed by atoms with Gasteiger partial charge >= 0.3 is 0 Å². The molecule has 0 aliphatic carbocycles.